The molecule has 2 amide bonds. The van der Waals surface area contributed by atoms with Crippen molar-refractivity contribution in [2.24, 2.45) is 5.92 Å². The number of amides is 2. The van der Waals surface area contributed by atoms with Gasteiger partial charge in [0.15, 0.2) is 0 Å². The number of pyridine rings is 1. The van der Waals surface area contributed by atoms with Gasteiger partial charge in [-0.15, -0.1) is 0 Å². The second-order valence-electron chi connectivity index (χ2n) is 7.23. The van der Waals surface area contributed by atoms with E-state index in [1.54, 1.807) is 6.92 Å². The van der Waals surface area contributed by atoms with Crippen LogP contribution in [0, 0.1) is 5.92 Å². The van der Waals surface area contributed by atoms with Gasteiger partial charge in [-0.2, -0.15) is 13.2 Å². The minimum Gasteiger partial charge on any atom is -0.355 e. The fraction of sp³-hybridized carbons (Fsp3) is 0.632. The van der Waals surface area contributed by atoms with E-state index >= 15 is 0 Å². The summed E-state index contributed by atoms with van der Waals surface area (Å²) in [4.78, 5) is 31.8. The molecular weight excluding hydrogens is 373 g/mol. The Hall–Kier alpha value is -2.32. The van der Waals surface area contributed by atoms with E-state index in [2.05, 4.69) is 10.3 Å². The first-order chi connectivity index (χ1) is 13.1. The highest BCUT2D eigenvalue weighted by Gasteiger charge is 2.38. The van der Waals surface area contributed by atoms with E-state index in [4.69, 9.17) is 0 Å². The topological polar surface area (TPSA) is 65.5 Å². The fourth-order valence-corrected chi connectivity index (χ4v) is 3.39. The standard InChI is InChI=1S/C19H27F3N4O2/c1-4-25(12-16(27)24-13(2)3)18(28)14-7-6-10-26(11-14)17-15(19(20,21)22)8-5-9-23-17/h5,8-9,13-14H,4,6-7,10-12H2,1-3H3,(H,24,27). The summed E-state index contributed by atoms with van der Waals surface area (Å²) in [7, 11) is 0. The third-order valence-electron chi connectivity index (χ3n) is 4.64. The summed E-state index contributed by atoms with van der Waals surface area (Å²) in [5, 5.41) is 2.75. The largest absolute Gasteiger partial charge is 0.419 e. The van der Waals surface area contributed by atoms with Crippen molar-refractivity contribution in [1.82, 2.24) is 15.2 Å². The van der Waals surface area contributed by atoms with Gasteiger partial charge < -0.3 is 15.1 Å². The van der Waals surface area contributed by atoms with Crippen molar-refractivity contribution in [1.29, 1.82) is 0 Å². The Morgan fingerprint density at radius 3 is 2.71 bits per heavy atom. The molecule has 6 nitrogen and oxygen atoms in total. The zero-order chi connectivity index (χ0) is 20.9. The number of carbonyl (C=O) groups excluding carboxylic acids is 2. The molecule has 1 fully saturated rings. The molecular formula is C19H27F3N4O2. The lowest BCUT2D eigenvalue weighted by Gasteiger charge is -2.36. The van der Waals surface area contributed by atoms with Crippen LogP contribution in [0.25, 0.3) is 0 Å². The zero-order valence-electron chi connectivity index (χ0n) is 16.4. The number of likely N-dealkylation sites (N-methyl/N-ethyl adjacent to an activating group) is 1. The van der Waals surface area contributed by atoms with E-state index in [9.17, 15) is 22.8 Å². The number of hydrogen-bond acceptors (Lipinski definition) is 4. The van der Waals surface area contributed by atoms with Gasteiger partial charge in [-0.3, -0.25) is 9.59 Å². The zero-order valence-corrected chi connectivity index (χ0v) is 16.4. The minimum atomic E-state index is -4.51. The van der Waals surface area contributed by atoms with Crippen molar-refractivity contribution in [3.8, 4) is 0 Å². The highest BCUT2D eigenvalue weighted by atomic mass is 19.4. The van der Waals surface area contributed by atoms with E-state index in [0.717, 1.165) is 6.07 Å². The molecule has 0 saturated carbocycles. The summed E-state index contributed by atoms with van der Waals surface area (Å²) in [5.74, 6) is -1.07. The van der Waals surface area contributed by atoms with Crippen LogP contribution >= 0.6 is 0 Å². The van der Waals surface area contributed by atoms with Gasteiger partial charge in [-0.25, -0.2) is 4.98 Å². The van der Waals surface area contributed by atoms with Gasteiger partial charge >= 0.3 is 6.18 Å². The van der Waals surface area contributed by atoms with Crippen LogP contribution in [0.15, 0.2) is 18.3 Å². The maximum atomic E-state index is 13.3. The van der Waals surface area contributed by atoms with Crippen molar-refractivity contribution in [2.45, 2.75) is 45.8 Å². The smallest absolute Gasteiger partial charge is 0.355 e. The first kappa shape index (κ1) is 22.0. The van der Waals surface area contributed by atoms with Gasteiger partial charge in [0.2, 0.25) is 11.8 Å². The van der Waals surface area contributed by atoms with Crippen LogP contribution in [0.5, 0.6) is 0 Å². The Kier molecular flexibility index (Phi) is 7.26. The van der Waals surface area contributed by atoms with Crippen molar-refractivity contribution in [2.75, 3.05) is 31.1 Å². The molecule has 0 radical (unpaired) electrons. The lowest BCUT2D eigenvalue weighted by molar-refractivity contribution is -0.139. The highest BCUT2D eigenvalue weighted by molar-refractivity contribution is 5.86. The molecule has 1 N–H and O–H groups in total. The Labute approximate surface area is 163 Å². The SMILES string of the molecule is CCN(CC(=O)NC(C)C)C(=O)C1CCCN(c2ncccc2C(F)(F)F)C1. The maximum absolute atomic E-state index is 13.3. The Bertz CT molecular complexity index is 694. The quantitative estimate of drug-likeness (QED) is 0.798. The number of anilines is 1. The summed E-state index contributed by atoms with van der Waals surface area (Å²) in [6.45, 7) is 6.31. The number of nitrogens with one attached hydrogen (secondary N) is 1. The predicted octanol–water partition coefficient (Wildman–Crippen LogP) is 2.69. The van der Waals surface area contributed by atoms with Gasteiger partial charge in [0.1, 0.15) is 5.82 Å². The first-order valence-corrected chi connectivity index (χ1v) is 9.48. The third kappa shape index (κ3) is 5.59. The van der Waals surface area contributed by atoms with Gasteiger partial charge in [0.05, 0.1) is 18.0 Å². The third-order valence-corrected chi connectivity index (χ3v) is 4.64. The molecule has 0 aliphatic carbocycles. The minimum absolute atomic E-state index is 0.0311. The average molecular weight is 400 g/mol. The Morgan fingerprint density at radius 2 is 2.11 bits per heavy atom. The second kappa shape index (κ2) is 9.25. The number of nitrogens with zero attached hydrogens (tertiary/aromatic N) is 3. The van der Waals surface area contributed by atoms with Crippen LogP contribution in [0.4, 0.5) is 19.0 Å². The van der Waals surface area contributed by atoms with Gasteiger partial charge in [0.25, 0.3) is 0 Å². The van der Waals surface area contributed by atoms with Gasteiger partial charge in [-0.05, 0) is 45.7 Å². The summed E-state index contributed by atoms with van der Waals surface area (Å²) < 4.78 is 39.9. The molecule has 28 heavy (non-hydrogen) atoms. The Morgan fingerprint density at radius 1 is 1.39 bits per heavy atom. The molecule has 9 heteroatoms. The normalized spacial score (nSPS) is 17.5. The maximum Gasteiger partial charge on any atom is 0.419 e. The van der Waals surface area contributed by atoms with Gasteiger partial charge in [0, 0.05) is 31.9 Å². The Balaban J connectivity index is 2.12. The second-order valence-corrected chi connectivity index (χ2v) is 7.23. The summed E-state index contributed by atoms with van der Waals surface area (Å²) in [6.07, 6.45) is -2.03. The monoisotopic (exact) mass is 400 g/mol. The van der Waals surface area contributed by atoms with Crippen molar-refractivity contribution in [3.05, 3.63) is 23.9 Å². The fourth-order valence-electron chi connectivity index (χ4n) is 3.39. The highest BCUT2D eigenvalue weighted by Crippen LogP contribution is 2.36. The lowest BCUT2D eigenvalue weighted by atomic mass is 9.96. The van der Waals surface area contributed by atoms with Crippen LogP contribution in [-0.2, 0) is 15.8 Å². The van der Waals surface area contributed by atoms with Crippen molar-refractivity contribution in [3.63, 3.8) is 0 Å². The van der Waals surface area contributed by atoms with E-state index in [-0.39, 0.29) is 36.8 Å². The van der Waals surface area contributed by atoms with E-state index in [1.807, 2.05) is 13.8 Å². The molecule has 156 valence electrons. The number of alkyl halides is 3. The average Bonchev–Trinajstić information content (AvgIpc) is 2.64. The molecule has 2 rings (SSSR count). The number of halogens is 3. The summed E-state index contributed by atoms with van der Waals surface area (Å²) >= 11 is 0. The first-order valence-electron chi connectivity index (χ1n) is 9.48. The number of rotatable bonds is 6. The van der Waals surface area contributed by atoms with Crippen molar-refractivity contribution >= 4 is 17.6 Å². The molecule has 1 aliphatic rings. The van der Waals surface area contributed by atoms with Crippen LogP contribution in [-0.4, -0.2) is 53.9 Å². The molecule has 0 spiro atoms. The van der Waals surface area contributed by atoms with Gasteiger partial charge in [-0.1, -0.05) is 0 Å². The van der Waals surface area contributed by atoms with E-state index < -0.39 is 17.7 Å². The number of piperidine rings is 1. The molecule has 1 aromatic rings. The lowest BCUT2D eigenvalue weighted by Crippen LogP contribution is -2.48. The van der Waals surface area contributed by atoms with Crippen LogP contribution in [0.3, 0.4) is 0 Å². The van der Waals surface area contributed by atoms with Crippen LogP contribution < -0.4 is 10.2 Å². The molecule has 0 aromatic carbocycles. The molecule has 1 aliphatic heterocycles. The van der Waals surface area contributed by atoms with Crippen LogP contribution in [0.1, 0.15) is 39.2 Å². The molecule has 1 atom stereocenters. The summed E-state index contributed by atoms with van der Waals surface area (Å²) in [5.41, 5.74) is -0.799. The predicted molar refractivity (Wildman–Crippen MR) is 99.7 cm³/mol. The summed E-state index contributed by atoms with van der Waals surface area (Å²) in [6, 6.07) is 2.23. The molecule has 1 saturated heterocycles. The molecule has 1 aromatic heterocycles. The van der Waals surface area contributed by atoms with E-state index in [1.165, 1.54) is 22.1 Å². The number of hydrogen-bond donors (Lipinski definition) is 1. The van der Waals surface area contributed by atoms with Crippen molar-refractivity contribution < 1.29 is 22.8 Å². The number of aromatic nitrogens is 1. The molecule has 0 bridgehead atoms. The van der Waals surface area contributed by atoms with Crippen LogP contribution in [0.2, 0.25) is 0 Å². The molecule has 1 unspecified atom stereocenters. The number of carbonyl (C=O) groups is 2. The van der Waals surface area contributed by atoms with E-state index in [0.29, 0.717) is 25.9 Å². The molecule has 2 heterocycles.